The Morgan fingerprint density at radius 2 is 1.21 bits per heavy atom. The van der Waals surface area contributed by atoms with Crippen LogP contribution in [-0.4, -0.2) is 72.4 Å². The Hall–Kier alpha value is -1.71. The molecule has 3 N–H and O–H groups in total. The first kappa shape index (κ1) is 24.5. The quantitative estimate of drug-likeness (QED) is 0.366. The zero-order valence-electron chi connectivity index (χ0n) is 14.6. The lowest BCUT2D eigenvalue weighted by molar-refractivity contribution is -0.163. The molecule has 0 aliphatic carbocycles. The zero-order chi connectivity index (χ0) is 19.2. The van der Waals surface area contributed by atoms with Crippen molar-refractivity contribution < 1.29 is 43.9 Å². The van der Waals surface area contributed by atoms with Crippen LogP contribution in [0.4, 0.5) is 0 Å². The van der Waals surface area contributed by atoms with Crippen LogP contribution in [-0.2, 0) is 28.6 Å². The van der Waals surface area contributed by atoms with Gasteiger partial charge in [0, 0.05) is 26.2 Å². The highest BCUT2D eigenvalue weighted by molar-refractivity contribution is 5.67. The number of aliphatic hydroxyl groups excluding tert-OH is 3. The SMILES string of the molecule is CC(=O)OCC(COC(C)=O)OC(C)=O.CCC(CO)(CO)CO. The molecule has 0 saturated heterocycles. The molecule has 0 spiro atoms. The van der Waals surface area contributed by atoms with Gasteiger partial charge in [-0.25, -0.2) is 0 Å². The summed E-state index contributed by atoms with van der Waals surface area (Å²) in [5, 5.41) is 26.0. The van der Waals surface area contributed by atoms with E-state index in [0.717, 1.165) is 0 Å². The van der Waals surface area contributed by atoms with Crippen molar-refractivity contribution in [3.05, 3.63) is 0 Å². The summed E-state index contributed by atoms with van der Waals surface area (Å²) in [5.41, 5.74) is -0.667. The van der Waals surface area contributed by atoms with E-state index < -0.39 is 29.4 Å². The van der Waals surface area contributed by atoms with Crippen molar-refractivity contribution in [2.45, 2.75) is 40.2 Å². The maximum Gasteiger partial charge on any atom is 0.303 e. The lowest BCUT2D eigenvalue weighted by Crippen LogP contribution is -2.32. The highest BCUT2D eigenvalue weighted by atomic mass is 16.6. The molecule has 0 amide bonds. The number of hydrogen-bond acceptors (Lipinski definition) is 9. The van der Waals surface area contributed by atoms with Crippen LogP contribution < -0.4 is 0 Å². The molecular weight excluding hydrogens is 324 g/mol. The second-order valence-electron chi connectivity index (χ2n) is 5.16. The molecule has 0 bridgehead atoms. The predicted octanol–water partition coefficient (Wildman–Crippen LogP) is -0.596. The van der Waals surface area contributed by atoms with Gasteiger partial charge >= 0.3 is 17.9 Å². The molecule has 0 aliphatic heterocycles. The number of ether oxygens (including phenoxy) is 3. The third kappa shape index (κ3) is 12.8. The normalized spacial score (nSPS) is 10.5. The number of carbonyl (C=O) groups is 3. The maximum absolute atomic E-state index is 10.6. The molecule has 9 heteroatoms. The summed E-state index contributed by atoms with van der Waals surface area (Å²) < 4.78 is 14.0. The van der Waals surface area contributed by atoms with Crippen molar-refractivity contribution >= 4 is 17.9 Å². The molecule has 0 fully saturated rings. The van der Waals surface area contributed by atoms with Crippen molar-refractivity contribution in [3.63, 3.8) is 0 Å². The van der Waals surface area contributed by atoms with Gasteiger partial charge in [0.05, 0.1) is 19.8 Å². The van der Waals surface area contributed by atoms with Gasteiger partial charge in [0.25, 0.3) is 0 Å². The van der Waals surface area contributed by atoms with Gasteiger partial charge in [-0.05, 0) is 6.42 Å². The van der Waals surface area contributed by atoms with E-state index in [4.69, 9.17) is 20.1 Å². The smallest absolute Gasteiger partial charge is 0.303 e. The molecule has 142 valence electrons. The largest absolute Gasteiger partial charge is 0.462 e. The van der Waals surface area contributed by atoms with Crippen molar-refractivity contribution in [3.8, 4) is 0 Å². The second kappa shape index (κ2) is 13.7. The molecule has 0 atom stereocenters. The van der Waals surface area contributed by atoms with E-state index in [-0.39, 0.29) is 33.0 Å². The fourth-order valence-electron chi connectivity index (χ4n) is 1.26. The second-order valence-corrected chi connectivity index (χ2v) is 5.16. The summed E-state index contributed by atoms with van der Waals surface area (Å²) in [6.45, 7) is 4.79. The van der Waals surface area contributed by atoms with E-state index in [9.17, 15) is 14.4 Å². The predicted molar refractivity (Wildman–Crippen MR) is 82.8 cm³/mol. The van der Waals surface area contributed by atoms with Crippen LogP contribution in [0.1, 0.15) is 34.1 Å². The highest BCUT2D eigenvalue weighted by Crippen LogP contribution is 2.18. The minimum absolute atomic E-state index is 0.123. The molecule has 0 radical (unpaired) electrons. The van der Waals surface area contributed by atoms with Gasteiger partial charge in [0.1, 0.15) is 13.2 Å². The zero-order valence-corrected chi connectivity index (χ0v) is 14.6. The number of rotatable bonds is 9. The standard InChI is InChI=1S/C9H14O6.C6H14O3/c1-6(10)13-4-9(15-8(3)12)5-14-7(2)11;1-2-6(3-7,4-8)5-9/h9H,4-5H2,1-3H3;7-9H,2-5H2,1H3. The fraction of sp³-hybridized carbons (Fsp3) is 0.800. The average Bonchev–Trinajstić information content (AvgIpc) is 2.53. The molecule has 0 aliphatic rings. The van der Waals surface area contributed by atoms with Crippen molar-refractivity contribution in [2.75, 3.05) is 33.0 Å². The molecule has 9 nitrogen and oxygen atoms in total. The van der Waals surface area contributed by atoms with E-state index in [0.29, 0.717) is 6.42 Å². The molecule has 0 heterocycles. The lowest BCUT2D eigenvalue weighted by Gasteiger charge is -2.24. The van der Waals surface area contributed by atoms with Crippen LogP contribution in [0.3, 0.4) is 0 Å². The van der Waals surface area contributed by atoms with E-state index in [1.165, 1.54) is 20.8 Å². The third-order valence-corrected chi connectivity index (χ3v) is 3.03. The molecule has 0 unspecified atom stereocenters. The van der Waals surface area contributed by atoms with Gasteiger partial charge < -0.3 is 29.5 Å². The Labute approximate surface area is 141 Å². The maximum atomic E-state index is 10.6. The molecule has 0 rings (SSSR count). The van der Waals surface area contributed by atoms with E-state index in [1.807, 2.05) is 6.92 Å². The summed E-state index contributed by atoms with van der Waals surface area (Å²) in [5.74, 6) is -1.51. The van der Waals surface area contributed by atoms with E-state index >= 15 is 0 Å². The molecular formula is C15H28O9. The Kier molecular flexibility index (Phi) is 14.0. The highest BCUT2D eigenvalue weighted by Gasteiger charge is 2.24. The van der Waals surface area contributed by atoms with Crippen LogP contribution in [0.2, 0.25) is 0 Å². The van der Waals surface area contributed by atoms with Crippen LogP contribution in [0.25, 0.3) is 0 Å². The lowest BCUT2D eigenvalue weighted by atomic mass is 9.88. The van der Waals surface area contributed by atoms with Gasteiger partial charge in [-0.15, -0.1) is 0 Å². The van der Waals surface area contributed by atoms with Gasteiger partial charge in [-0.3, -0.25) is 14.4 Å². The third-order valence-electron chi connectivity index (χ3n) is 3.03. The summed E-state index contributed by atoms with van der Waals surface area (Å²) in [6.07, 6.45) is -0.161. The van der Waals surface area contributed by atoms with Crippen molar-refractivity contribution in [1.82, 2.24) is 0 Å². The number of hydrogen-bond donors (Lipinski definition) is 3. The van der Waals surface area contributed by atoms with Crippen LogP contribution in [0, 0.1) is 5.41 Å². The summed E-state index contributed by atoms with van der Waals surface area (Å²) in [4.78, 5) is 31.6. The van der Waals surface area contributed by atoms with Crippen molar-refractivity contribution in [2.24, 2.45) is 5.41 Å². The summed E-state index contributed by atoms with van der Waals surface area (Å²) in [6, 6.07) is 0. The summed E-state index contributed by atoms with van der Waals surface area (Å²) in [7, 11) is 0. The molecule has 0 aromatic rings. The van der Waals surface area contributed by atoms with E-state index in [2.05, 4.69) is 9.47 Å². The Morgan fingerprint density at radius 3 is 1.38 bits per heavy atom. The first-order chi connectivity index (χ1) is 11.2. The molecule has 0 aromatic carbocycles. The topological polar surface area (TPSA) is 140 Å². The molecule has 0 saturated carbocycles. The Morgan fingerprint density at radius 1 is 0.833 bits per heavy atom. The average molecular weight is 352 g/mol. The first-order valence-electron chi connectivity index (χ1n) is 7.42. The van der Waals surface area contributed by atoms with Crippen LogP contribution in [0.5, 0.6) is 0 Å². The Bertz CT molecular complexity index is 342. The van der Waals surface area contributed by atoms with Crippen LogP contribution in [0.15, 0.2) is 0 Å². The monoisotopic (exact) mass is 352 g/mol. The van der Waals surface area contributed by atoms with Gasteiger partial charge in [0.15, 0.2) is 6.10 Å². The van der Waals surface area contributed by atoms with Gasteiger partial charge in [-0.1, -0.05) is 6.92 Å². The van der Waals surface area contributed by atoms with Crippen molar-refractivity contribution in [1.29, 1.82) is 0 Å². The summed E-state index contributed by atoms with van der Waals surface area (Å²) >= 11 is 0. The molecule has 24 heavy (non-hydrogen) atoms. The minimum Gasteiger partial charge on any atom is -0.462 e. The molecule has 0 aromatic heterocycles. The number of carbonyl (C=O) groups excluding carboxylic acids is 3. The number of esters is 3. The van der Waals surface area contributed by atoms with E-state index in [1.54, 1.807) is 0 Å². The first-order valence-corrected chi connectivity index (χ1v) is 7.42. The fourth-order valence-corrected chi connectivity index (χ4v) is 1.26. The van der Waals surface area contributed by atoms with Gasteiger partial charge in [0.2, 0.25) is 0 Å². The van der Waals surface area contributed by atoms with Crippen LogP contribution >= 0.6 is 0 Å². The minimum atomic E-state index is -0.754. The van der Waals surface area contributed by atoms with Gasteiger partial charge in [-0.2, -0.15) is 0 Å². The Balaban J connectivity index is 0. The number of aliphatic hydroxyl groups is 3.